The van der Waals surface area contributed by atoms with E-state index in [1.54, 1.807) is 6.20 Å². The lowest BCUT2D eigenvalue weighted by Crippen LogP contribution is -2.38. The maximum atomic E-state index is 6.20. The van der Waals surface area contributed by atoms with Gasteiger partial charge in [-0.05, 0) is 42.7 Å². The molecule has 5 rings (SSSR count). The summed E-state index contributed by atoms with van der Waals surface area (Å²) in [6.45, 7) is 11.1. The quantitative estimate of drug-likeness (QED) is 0.706. The highest BCUT2D eigenvalue weighted by Gasteiger charge is 2.45. The van der Waals surface area contributed by atoms with Crippen molar-refractivity contribution in [1.82, 2.24) is 10.3 Å². The third-order valence-corrected chi connectivity index (χ3v) is 5.97. The fourth-order valence-electron chi connectivity index (χ4n) is 4.17. The van der Waals surface area contributed by atoms with Crippen LogP contribution in [0.3, 0.4) is 0 Å². The standard InChI is InChI=1S/C26H29N3O3/c1-24(2,3)14-31-18-10-20-23(28-12-18)32-21-6-5-17(7-8-25(4)15-30-16-25)9-19(21)26(20)11-22(27)29-13-26/h5-6,9-12,29H,13-16,27H2,1-4H3/t26-/m0/s1. The Morgan fingerprint density at radius 3 is 2.69 bits per heavy atom. The number of rotatable bonds is 2. The largest absolute Gasteiger partial charge is 0.491 e. The van der Waals surface area contributed by atoms with Gasteiger partial charge in [-0.25, -0.2) is 4.98 Å². The van der Waals surface area contributed by atoms with Gasteiger partial charge in [0.1, 0.15) is 11.5 Å². The van der Waals surface area contributed by atoms with E-state index in [4.69, 9.17) is 19.9 Å². The van der Waals surface area contributed by atoms with Crippen molar-refractivity contribution in [3.8, 4) is 29.2 Å². The molecular weight excluding hydrogens is 402 g/mol. The molecule has 0 radical (unpaired) electrons. The highest BCUT2D eigenvalue weighted by Crippen LogP contribution is 2.50. The van der Waals surface area contributed by atoms with Crippen LogP contribution in [0, 0.1) is 22.7 Å². The predicted octanol–water partition coefficient (Wildman–Crippen LogP) is 3.69. The van der Waals surface area contributed by atoms with Gasteiger partial charge in [-0.2, -0.15) is 0 Å². The van der Waals surface area contributed by atoms with Crippen LogP contribution in [-0.2, 0) is 10.2 Å². The van der Waals surface area contributed by atoms with Crippen LogP contribution >= 0.6 is 0 Å². The van der Waals surface area contributed by atoms with Gasteiger partial charge in [0.2, 0.25) is 5.88 Å². The Morgan fingerprint density at radius 2 is 2.03 bits per heavy atom. The van der Waals surface area contributed by atoms with Crippen molar-refractivity contribution >= 4 is 0 Å². The van der Waals surface area contributed by atoms with E-state index >= 15 is 0 Å². The van der Waals surface area contributed by atoms with Crippen LogP contribution in [0.1, 0.15) is 44.4 Å². The Labute approximate surface area is 189 Å². The number of nitrogens with one attached hydrogen (secondary N) is 1. The summed E-state index contributed by atoms with van der Waals surface area (Å²) in [5.41, 5.74) is 8.58. The summed E-state index contributed by atoms with van der Waals surface area (Å²) in [7, 11) is 0. The van der Waals surface area contributed by atoms with Crippen LogP contribution in [0.2, 0.25) is 0 Å². The topological polar surface area (TPSA) is 78.6 Å². The lowest BCUT2D eigenvalue weighted by molar-refractivity contribution is -0.0648. The van der Waals surface area contributed by atoms with Crippen LogP contribution in [-0.4, -0.2) is 31.3 Å². The molecular formula is C26H29N3O3. The third-order valence-electron chi connectivity index (χ3n) is 5.97. The molecule has 6 nitrogen and oxygen atoms in total. The van der Waals surface area contributed by atoms with Gasteiger partial charge >= 0.3 is 0 Å². The molecule has 3 aliphatic heterocycles. The van der Waals surface area contributed by atoms with Gasteiger partial charge in [-0.1, -0.05) is 32.6 Å². The summed E-state index contributed by atoms with van der Waals surface area (Å²) in [6, 6.07) is 8.09. The van der Waals surface area contributed by atoms with Crippen molar-refractivity contribution < 1.29 is 14.2 Å². The number of benzene rings is 1. The maximum Gasteiger partial charge on any atom is 0.223 e. The highest BCUT2D eigenvalue weighted by atomic mass is 16.5. The molecule has 0 aliphatic carbocycles. The van der Waals surface area contributed by atoms with Gasteiger partial charge in [0, 0.05) is 23.2 Å². The van der Waals surface area contributed by atoms with E-state index in [2.05, 4.69) is 62.0 Å². The van der Waals surface area contributed by atoms with Crippen molar-refractivity contribution in [1.29, 1.82) is 0 Å². The summed E-state index contributed by atoms with van der Waals surface area (Å²) in [5.74, 6) is 9.39. The Bertz CT molecular complexity index is 1170. The molecule has 0 unspecified atom stereocenters. The average Bonchev–Trinajstić information content (AvgIpc) is 3.12. The van der Waals surface area contributed by atoms with Crippen LogP contribution in [0.25, 0.3) is 0 Å². The highest BCUT2D eigenvalue weighted by molar-refractivity contribution is 5.63. The van der Waals surface area contributed by atoms with Crippen LogP contribution in [0.5, 0.6) is 17.4 Å². The molecule has 1 spiro atoms. The molecule has 1 aromatic heterocycles. The van der Waals surface area contributed by atoms with E-state index in [1.165, 1.54) is 0 Å². The first kappa shape index (κ1) is 20.7. The van der Waals surface area contributed by atoms with Gasteiger partial charge in [0.15, 0.2) is 0 Å². The molecule has 0 bridgehead atoms. The third kappa shape index (κ3) is 3.67. The number of pyridine rings is 1. The number of fused-ring (bicyclic) bond motifs is 4. The molecule has 32 heavy (non-hydrogen) atoms. The Hall–Kier alpha value is -3.17. The van der Waals surface area contributed by atoms with Gasteiger partial charge in [-0.15, -0.1) is 0 Å². The molecule has 166 valence electrons. The second kappa shape index (κ2) is 7.18. The van der Waals surface area contributed by atoms with E-state index in [9.17, 15) is 0 Å². The summed E-state index contributed by atoms with van der Waals surface area (Å²) < 4.78 is 17.6. The second-order valence-corrected chi connectivity index (χ2v) is 10.4. The SMILES string of the molecule is CC(C)(C)COc1cnc2c(c1)[C@]1(C=C(N)NC1)c1cc(C#CC3(C)COC3)ccc1O2. The molecule has 0 saturated carbocycles. The van der Waals surface area contributed by atoms with E-state index in [-0.39, 0.29) is 10.8 Å². The smallest absolute Gasteiger partial charge is 0.223 e. The molecule has 1 aromatic carbocycles. The summed E-state index contributed by atoms with van der Waals surface area (Å²) in [6.07, 6.45) is 3.78. The van der Waals surface area contributed by atoms with Gasteiger partial charge in [-0.3, -0.25) is 0 Å². The number of aromatic nitrogens is 1. The minimum absolute atomic E-state index is 0.0472. The van der Waals surface area contributed by atoms with Crippen LogP contribution in [0.4, 0.5) is 0 Å². The molecule has 3 N–H and O–H groups in total. The fraction of sp³-hybridized carbons (Fsp3) is 0.423. The van der Waals surface area contributed by atoms with Crippen molar-refractivity contribution in [2.45, 2.75) is 33.1 Å². The number of nitrogens with two attached hydrogens (primary N) is 1. The molecule has 4 heterocycles. The van der Waals surface area contributed by atoms with Crippen molar-refractivity contribution in [2.24, 2.45) is 16.6 Å². The van der Waals surface area contributed by atoms with Crippen molar-refractivity contribution in [3.05, 3.63) is 59.0 Å². The maximum absolute atomic E-state index is 6.20. The number of hydrogen-bond donors (Lipinski definition) is 2. The number of nitrogens with zero attached hydrogens (tertiary/aromatic N) is 1. The van der Waals surface area contributed by atoms with Gasteiger partial charge in [0.05, 0.1) is 42.7 Å². The zero-order valence-corrected chi connectivity index (χ0v) is 19.0. The van der Waals surface area contributed by atoms with Crippen LogP contribution < -0.4 is 20.5 Å². The Balaban J connectivity index is 1.57. The Morgan fingerprint density at radius 1 is 1.22 bits per heavy atom. The van der Waals surface area contributed by atoms with E-state index in [0.29, 0.717) is 38.1 Å². The van der Waals surface area contributed by atoms with Crippen molar-refractivity contribution in [3.63, 3.8) is 0 Å². The van der Waals surface area contributed by atoms with Crippen molar-refractivity contribution in [2.75, 3.05) is 26.4 Å². The lowest BCUT2D eigenvalue weighted by Gasteiger charge is -2.35. The zero-order valence-electron chi connectivity index (χ0n) is 19.0. The first-order valence-corrected chi connectivity index (χ1v) is 10.9. The normalized spacial score (nSPS) is 22.3. The molecule has 1 fully saturated rings. The first-order valence-electron chi connectivity index (χ1n) is 10.9. The Kier molecular flexibility index (Phi) is 4.65. The zero-order chi connectivity index (χ0) is 22.6. The fourth-order valence-corrected chi connectivity index (χ4v) is 4.17. The minimum atomic E-state index is -0.498. The number of hydrogen-bond acceptors (Lipinski definition) is 6. The van der Waals surface area contributed by atoms with E-state index in [1.807, 2.05) is 18.2 Å². The van der Waals surface area contributed by atoms with Crippen LogP contribution in [0.15, 0.2) is 42.4 Å². The van der Waals surface area contributed by atoms with Gasteiger partial charge < -0.3 is 25.3 Å². The molecule has 3 aliphatic rings. The van der Waals surface area contributed by atoms with E-state index < -0.39 is 5.41 Å². The molecule has 0 amide bonds. The molecule has 2 aromatic rings. The second-order valence-electron chi connectivity index (χ2n) is 10.4. The molecule has 1 saturated heterocycles. The lowest BCUT2D eigenvalue weighted by atomic mass is 9.73. The van der Waals surface area contributed by atoms with Gasteiger partial charge in [0.25, 0.3) is 0 Å². The number of ether oxygens (including phenoxy) is 3. The monoisotopic (exact) mass is 431 g/mol. The average molecular weight is 432 g/mol. The minimum Gasteiger partial charge on any atom is -0.491 e. The summed E-state index contributed by atoms with van der Waals surface area (Å²) in [4.78, 5) is 4.59. The summed E-state index contributed by atoms with van der Waals surface area (Å²) in [5, 5.41) is 3.29. The van der Waals surface area contributed by atoms with E-state index in [0.717, 1.165) is 28.2 Å². The summed E-state index contributed by atoms with van der Waals surface area (Å²) >= 11 is 0. The predicted molar refractivity (Wildman–Crippen MR) is 123 cm³/mol. The molecule has 1 atom stereocenters. The molecule has 6 heteroatoms. The first-order chi connectivity index (χ1) is 15.2.